The number of ether oxygens (including phenoxy) is 3. The molecule has 6 nitrogen and oxygen atoms in total. The van der Waals surface area contributed by atoms with Crippen molar-refractivity contribution >= 4 is 16.8 Å². The van der Waals surface area contributed by atoms with Crippen molar-refractivity contribution in [1.29, 1.82) is 0 Å². The van der Waals surface area contributed by atoms with Gasteiger partial charge in [-0.2, -0.15) is 0 Å². The summed E-state index contributed by atoms with van der Waals surface area (Å²) in [4.78, 5) is 17.4. The highest BCUT2D eigenvalue weighted by Crippen LogP contribution is 2.30. The summed E-state index contributed by atoms with van der Waals surface area (Å²) in [5, 5.41) is 3.88. The van der Waals surface area contributed by atoms with Crippen molar-refractivity contribution in [3.63, 3.8) is 0 Å². The molecule has 0 aliphatic heterocycles. The minimum absolute atomic E-state index is 0.183. The molecule has 0 saturated heterocycles. The number of benzene rings is 2. The molecule has 0 bridgehead atoms. The lowest BCUT2D eigenvalue weighted by Crippen LogP contribution is -2.27. The molecular weight excluding hydrogens is 356 g/mol. The molecule has 1 aromatic heterocycles. The highest BCUT2D eigenvalue weighted by molar-refractivity contribution is 5.99. The lowest BCUT2D eigenvalue weighted by atomic mass is 10.1. The van der Waals surface area contributed by atoms with Crippen LogP contribution in [0.4, 0.5) is 0 Å². The normalized spacial score (nSPS) is 11.8. The van der Waals surface area contributed by atoms with Gasteiger partial charge >= 0.3 is 0 Å². The van der Waals surface area contributed by atoms with Gasteiger partial charge in [0.25, 0.3) is 5.91 Å². The number of methoxy groups -OCH3 is 3. The summed E-state index contributed by atoms with van der Waals surface area (Å²) in [5.41, 5.74) is 2.95. The summed E-state index contributed by atoms with van der Waals surface area (Å²) in [7, 11) is 4.79. The van der Waals surface area contributed by atoms with Crippen LogP contribution in [0.2, 0.25) is 0 Å². The van der Waals surface area contributed by atoms with Crippen LogP contribution < -0.4 is 19.5 Å². The zero-order valence-electron chi connectivity index (χ0n) is 16.7. The van der Waals surface area contributed by atoms with Gasteiger partial charge in [0, 0.05) is 5.39 Å². The number of hydrogen-bond acceptors (Lipinski definition) is 5. The largest absolute Gasteiger partial charge is 0.497 e. The molecule has 6 heteroatoms. The lowest BCUT2D eigenvalue weighted by Gasteiger charge is -2.17. The Morgan fingerprint density at radius 1 is 0.964 bits per heavy atom. The number of nitrogens with one attached hydrogen (secondary N) is 1. The first-order valence-corrected chi connectivity index (χ1v) is 8.95. The minimum Gasteiger partial charge on any atom is -0.497 e. The quantitative estimate of drug-likeness (QED) is 0.698. The fourth-order valence-electron chi connectivity index (χ4n) is 3.09. The zero-order valence-corrected chi connectivity index (χ0v) is 16.7. The van der Waals surface area contributed by atoms with E-state index in [-0.39, 0.29) is 11.9 Å². The van der Waals surface area contributed by atoms with Gasteiger partial charge in [-0.1, -0.05) is 6.07 Å². The number of carbonyl (C=O) groups is 1. The number of fused-ring (bicyclic) bond motifs is 1. The Morgan fingerprint density at radius 2 is 1.71 bits per heavy atom. The van der Waals surface area contributed by atoms with Gasteiger partial charge in [0.05, 0.1) is 44.1 Å². The first kappa shape index (κ1) is 19.5. The fraction of sp³-hybridized carbons (Fsp3) is 0.273. The lowest BCUT2D eigenvalue weighted by molar-refractivity contribution is 0.0939. The van der Waals surface area contributed by atoms with Crippen molar-refractivity contribution < 1.29 is 19.0 Å². The van der Waals surface area contributed by atoms with Gasteiger partial charge in [0.2, 0.25) is 0 Å². The van der Waals surface area contributed by atoms with E-state index in [1.165, 1.54) is 0 Å². The summed E-state index contributed by atoms with van der Waals surface area (Å²) >= 11 is 0. The molecule has 3 aromatic rings. The first-order chi connectivity index (χ1) is 13.5. The molecular formula is C22H24N2O4. The van der Waals surface area contributed by atoms with Crippen molar-refractivity contribution in [3.05, 3.63) is 59.3 Å². The van der Waals surface area contributed by atoms with Crippen LogP contribution in [0.5, 0.6) is 17.2 Å². The Morgan fingerprint density at radius 3 is 2.39 bits per heavy atom. The van der Waals surface area contributed by atoms with Crippen LogP contribution in [-0.2, 0) is 0 Å². The predicted molar refractivity (Wildman–Crippen MR) is 108 cm³/mol. The molecule has 146 valence electrons. The Hall–Kier alpha value is -3.28. The van der Waals surface area contributed by atoms with Crippen LogP contribution in [-0.4, -0.2) is 32.2 Å². The maximum atomic E-state index is 12.9. The molecule has 28 heavy (non-hydrogen) atoms. The molecule has 2 aromatic carbocycles. The van der Waals surface area contributed by atoms with Crippen molar-refractivity contribution in [2.75, 3.05) is 21.3 Å². The van der Waals surface area contributed by atoms with Gasteiger partial charge in [-0.15, -0.1) is 0 Å². The fourth-order valence-corrected chi connectivity index (χ4v) is 3.09. The maximum Gasteiger partial charge on any atom is 0.253 e. The molecule has 1 amide bonds. The van der Waals surface area contributed by atoms with E-state index >= 15 is 0 Å². The predicted octanol–water partition coefficient (Wildman–Crippen LogP) is 4.06. The molecule has 0 saturated carbocycles. The molecule has 0 fully saturated rings. The number of aromatic nitrogens is 1. The molecule has 3 rings (SSSR count). The Bertz CT molecular complexity index is 1020. The van der Waals surface area contributed by atoms with Gasteiger partial charge in [0.15, 0.2) is 11.5 Å². The number of nitrogens with zero attached hydrogens (tertiary/aromatic N) is 1. The highest BCUT2D eigenvalue weighted by Gasteiger charge is 2.17. The van der Waals surface area contributed by atoms with Crippen molar-refractivity contribution in [2.45, 2.75) is 19.9 Å². The van der Waals surface area contributed by atoms with E-state index in [0.717, 1.165) is 22.2 Å². The average Bonchev–Trinajstić information content (AvgIpc) is 2.72. The van der Waals surface area contributed by atoms with E-state index in [1.54, 1.807) is 21.3 Å². The standard InChI is InChI=1S/C22H24N2O4/c1-13(15-6-9-20(27-4)21(12-15)28-5)24-22(25)18-11-16-10-17(26-3)7-8-19(16)23-14(18)2/h6-13H,1-5H3,(H,24,25)/t13-/m1/s1. The van der Waals surface area contributed by atoms with Gasteiger partial charge in [0.1, 0.15) is 5.75 Å². The summed E-state index contributed by atoms with van der Waals surface area (Å²) in [6.45, 7) is 3.76. The van der Waals surface area contributed by atoms with Gasteiger partial charge < -0.3 is 19.5 Å². The average molecular weight is 380 g/mol. The molecule has 0 spiro atoms. The molecule has 1 N–H and O–H groups in total. The summed E-state index contributed by atoms with van der Waals surface area (Å²) < 4.78 is 15.9. The number of amides is 1. The molecule has 0 radical (unpaired) electrons. The third-order valence-corrected chi connectivity index (χ3v) is 4.71. The maximum absolute atomic E-state index is 12.9. The molecule has 1 atom stereocenters. The monoisotopic (exact) mass is 380 g/mol. The van der Waals surface area contributed by atoms with E-state index in [0.29, 0.717) is 22.8 Å². The van der Waals surface area contributed by atoms with E-state index in [4.69, 9.17) is 14.2 Å². The smallest absolute Gasteiger partial charge is 0.253 e. The summed E-state index contributed by atoms with van der Waals surface area (Å²) in [5.74, 6) is 1.81. The van der Waals surface area contributed by atoms with Crippen LogP contribution in [0.25, 0.3) is 10.9 Å². The van der Waals surface area contributed by atoms with Crippen LogP contribution in [0, 0.1) is 6.92 Å². The van der Waals surface area contributed by atoms with Crippen LogP contribution in [0.1, 0.15) is 34.6 Å². The topological polar surface area (TPSA) is 69.7 Å². The van der Waals surface area contributed by atoms with Crippen molar-refractivity contribution in [3.8, 4) is 17.2 Å². The molecule has 0 aliphatic carbocycles. The van der Waals surface area contributed by atoms with Gasteiger partial charge in [-0.05, 0) is 55.8 Å². The second kappa shape index (κ2) is 8.17. The van der Waals surface area contributed by atoms with Crippen molar-refractivity contribution in [2.24, 2.45) is 0 Å². The Balaban J connectivity index is 1.86. The highest BCUT2D eigenvalue weighted by atomic mass is 16.5. The zero-order chi connectivity index (χ0) is 20.3. The second-order valence-corrected chi connectivity index (χ2v) is 6.49. The van der Waals surface area contributed by atoms with Crippen LogP contribution in [0.15, 0.2) is 42.5 Å². The summed E-state index contributed by atoms with van der Waals surface area (Å²) in [6, 6.07) is 12.8. The van der Waals surface area contributed by atoms with Gasteiger partial charge in [-0.25, -0.2) is 0 Å². The number of pyridine rings is 1. The van der Waals surface area contributed by atoms with E-state index < -0.39 is 0 Å². The first-order valence-electron chi connectivity index (χ1n) is 8.95. The Labute approximate surface area is 164 Å². The second-order valence-electron chi connectivity index (χ2n) is 6.49. The Kier molecular flexibility index (Phi) is 5.68. The molecule has 0 aliphatic rings. The van der Waals surface area contributed by atoms with Gasteiger partial charge in [-0.3, -0.25) is 9.78 Å². The van der Waals surface area contributed by atoms with Crippen LogP contribution in [0.3, 0.4) is 0 Å². The number of carbonyl (C=O) groups excluding carboxylic acids is 1. The number of rotatable bonds is 6. The SMILES string of the molecule is COc1ccc2nc(C)c(C(=O)N[C@H](C)c3ccc(OC)c(OC)c3)cc2c1. The number of aryl methyl sites for hydroxylation is 1. The number of hydrogen-bond donors (Lipinski definition) is 1. The molecule has 1 heterocycles. The van der Waals surface area contributed by atoms with Crippen molar-refractivity contribution in [1.82, 2.24) is 10.3 Å². The minimum atomic E-state index is -0.215. The summed E-state index contributed by atoms with van der Waals surface area (Å²) in [6.07, 6.45) is 0. The van der Waals surface area contributed by atoms with E-state index in [9.17, 15) is 4.79 Å². The molecule has 0 unspecified atom stereocenters. The third-order valence-electron chi connectivity index (χ3n) is 4.71. The third kappa shape index (κ3) is 3.86. The van der Waals surface area contributed by atoms with E-state index in [1.807, 2.05) is 56.3 Å². The van der Waals surface area contributed by atoms with E-state index in [2.05, 4.69) is 10.3 Å². The van der Waals surface area contributed by atoms with Crippen LogP contribution >= 0.6 is 0 Å².